The van der Waals surface area contributed by atoms with Crippen LogP contribution in [0.1, 0.15) is 15.9 Å². The third-order valence-corrected chi connectivity index (χ3v) is 3.60. The fourth-order valence-electron chi connectivity index (χ4n) is 2.36. The average molecular weight is 365 g/mol. The van der Waals surface area contributed by atoms with Gasteiger partial charge in [-0.25, -0.2) is 0 Å². The van der Waals surface area contributed by atoms with Crippen LogP contribution in [0.3, 0.4) is 0 Å². The number of ketones is 1. The minimum Gasteiger partial charge on any atom is -0.441 e. The predicted molar refractivity (Wildman–Crippen MR) is 93.9 cm³/mol. The first-order valence-corrected chi connectivity index (χ1v) is 7.63. The third-order valence-electron chi connectivity index (χ3n) is 3.60. The van der Waals surface area contributed by atoms with E-state index in [1.165, 1.54) is 30.5 Å². The lowest BCUT2D eigenvalue weighted by Gasteiger charge is -2.08. The van der Waals surface area contributed by atoms with Crippen LogP contribution in [0, 0.1) is 20.2 Å². The van der Waals surface area contributed by atoms with Crippen molar-refractivity contribution in [2.75, 3.05) is 0 Å². The molecule has 1 heterocycles. The second-order valence-electron chi connectivity index (χ2n) is 5.32. The van der Waals surface area contributed by atoms with Crippen molar-refractivity contribution in [1.82, 2.24) is 4.98 Å². The Morgan fingerprint density at radius 1 is 0.852 bits per heavy atom. The molecule has 3 aromatic rings. The standard InChI is InChI=1S/C18H11N3O6/c22-17(12-5-2-1-3-6-12)13-8-9-15(14(11-13)20(23)24)27-16-7-4-10-19-18(16)21(25)26/h1-11H. The Balaban J connectivity index is 2.00. The molecule has 0 spiro atoms. The van der Waals surface area contributed by atoms with E-state index in [1.54, 1.807) is 30.3 Å². The molecule has 9 nitrogen and oxygen atoms in total. The molecule has 0 amide bonds. The predicted octanol–water partition coefficient (Wildman–Crippen LogP) is 3.92. The van der Waals surface area contributed by atoms with Gasteiger partial charge in [-0.05, 0) is 34.2 Å². The smallest absolute Gasteiger partial charge is 0.406 e. The zero-order valence-electron chi connectivity index (χ0n) is 13.6. The van der Waals surface area contributed by atoms with Gasteiger partial charge in [0.05, 0.1) is 4.92 Å². The van der Waals surface area contributed by atoms with Crippen LogP contribution in [0.4, 0.5) is 11.5 Å². The van der Waals surface area contributed by atoms with Gasteiger partial charge in [0.2, 0.25) is 11.5 Å². The van der Waals surface area contributed by atoms with Crippen LogP contribution in [0.2, 0.25) is 0 Å². The quantitative estimate of drug-likeness (QED) is 0.368. The molecule has 0 aliphatic heterocycles. The molecule has 0 bridgehead atoms. The monoisotopic (exact) mass is 365 g/mol. The Bertz CT molecular complexity index is 1040. The Hall–Kier alpha value is -4.14. The summed E-state index contributed by atoms with van der Waals surface area (Å²) in [5, 5.41) is 22.4. The van der Waals surface area contributed by atoms with E-state index in [9.17, 15) is 25.0 Å². The molecular weight excluding hydrogens is 354 g/mol. The maximum absolute atomic E-state index is 12.5. The van der Waals surface area contributed by atoms with E-state index in [0.717, 1.165) is 6.07 Å². The van der Waals surface area contributed by atoms with Crippen molar-refractivity contribution >= 4 is 17.3 Å². The SMILES string of the molecule is O=C(c1ccccc1)c1ccc(Oc2cccnc2[N+](=O)[O-])c([N+](=O)[O-])c1. The zero-order chi connectivity index (χ0) is 19.4. The third kappa shape index (κ3) is 3.76. The molecule has 0 aliphatic carbocycles. The average Bonchev–Trinajstić information content (AvgIpc) is 2.68. The van der Waals surface area contributed by atoms with Crippen LogP contribution < -0.4 is 4.74 Å². The second-order valence-corrected chi connectivity index (χ2v) is 5.32. The van der Waals surface area contributed by atoms with Gasteiger partial charge >= 0.3 is 11.5 Å². The fourth-order valence-corrected chi connectivity index (χ4v) is 2.36. The molecule has 0 atom stereocenters. The van der Waals surface area contributed by atoms with Crippen LogP contribution in [-0.4, -0.2) is 20.6 Å². The van der Waals surface area contributed by atoms with E-state index >= 15 is 0 Å². The molecule has 27 heavy (non-hydrogen) atoms. The summed E-state index contributed by atoms with van der Waals surface area (Å²) in [7, 11) is 0. The van der Waals surface area contributed by atoms with Gasteiger partial charge in [0, 0.05) is 17.2 Å². The van der Waals surface area contributed by atoms with Crippen LogP contribution in [-0.2, 0) is 0 Å². The van der Waals surface area contributed by atoms with E-state index in [-0.39, 0.29) is 17.1 Å². The molecule has 0 unspecified atom stereocenters. The van der Waals surface area contributed by atoms with Crippen LogP contribution in [0.5, 0.6) is 11.5 Å². The summed E-state index contributed by atoms with van der Waals surface area (Å²) >= 11 is 0. The maximum atomic E-state index is 12.5. The summed E-state index contributed by atoms with van der Waals surface area (Å²) in [5.41, 5.74) is -0.0146. The van der Waals surface area contributed by atoms with E-state index in [0.29, 0.717) is 5.56 Å². The number of carbonyl (C=O) groups excluding carboxylic acids is 1. The summed E-state index contributed by atoms with van der Waals surface area (Å²) in [6, 6.07) is 14.6. The summed E-state index contributed by atoms with van der Waals surface area (Å²) in [4.78, 5) is 37.0. The van der Waals surface area contributed by atoms with E-state index in [2.05, 4.69) is 4.98 Å². The Morgan fingerprint density at radius 3 is 2.26 bits per heavy atom. The number of carbonyl (C=O) groups is 1. The Morgan fingerprint density at radius 2 is 1.59 bits per heavy atom. The lowest BCUT2D eigenvalue weighted by molar-refractivity contribution is -0.391. The maximum Gasteiger partial charge on any atom is 0.406 e. The molecular formula is C18H11N3O6. The normalized spacial score (nSPS) is 10.2. The molecule has 9 heteroatoms. The molecule has 0 fully saturated rings. The highest BCUT2D eigenvalue weighted by atomic mass is 16.6. The van der Waals surface area contributed by atoms with Gasteiger partial charge in [-0.3, -0.25) is 14.9 Å². The first-order valence-electron chi connectivity index (χ1n) is 7.63. The Kier molecular flexibility index (Phi) is 4.84. The van der Waals surface area contributed by atoms with Gasteiger partial charge in [0.25, 0.3) is 0 Å². The molecule has 0 N–H and O–H groups in total. The molecule has 0 radical (unpaired) electrons. The van der Waals surface area contributed by atoms with Crippen molar-refractivity contribution in [2.45, 2.75) is 0 Å². The summed E-state index contributed by atoms with van der Waals surface area (Å²) in [6.07, 6.45) is 1.21. The van der Waals surface area contributed by atoms with Crippen molar-refractivity contribution in [1.29, 1.82) is 0 Å². The minimum absolute atomic E-state index is 0.0981. The molecule has 3 rings (SSSR count). The Labute approximate surface area is 152 Å². The number of rotatable bonds is 6. The molecule has 134 valence electrons. The number of benzene rings is 2. The van der Waals surface area contributed by atoms with E-state index in [4.69, 9.17) is 4.74 Å². The van der Waals surface area contributed by atoms with Crippen molar-refractivity contribution in [2.24, 2.45) is 0 Å². The zero-order valence-corrected chi connectivity index (χ0v) is 13.6. The highest BCUT2D eigenvalue weighted by molar-refractivity contribution is 6.09. The number of pyridine rings is 1. The van der Waals surface area contributed by atoms with Crippen molar-refractivity contribution in [3.05, 3.63) is 98.2 Å². The van der Waals surface area contributed by atoms with Gasteiger partial charge < -0.3 is 14.9 Å². The number of aromatic nitrogens is 1. The van der Waals surface area contributed by atoms with Crippen molar-refractivity contribution < 1.29 is 19.4 Å². The summed E-state index contributed by atoms with van der Waals surface area (Å²) < 4.78 is 5.35. The number of hydrogen-bond donors (Lipinski definition) is 0. The first-order chi connectivity index (χ1) is 13.0. The second kappa shape index (κ2) is 7.40. The van der Waals surface area contributed by atoms with Crippen LogP contribution in [0.15, 0.2) is 66.9 Å². The summed E-state index contributed by atoms with van der Waals surface area (Å²) in [6.45, 7) is 0. The largest absolute Gasteiger partial charge is 0.441 e. The van der Waals surface area contributed by atoms with E-state index < -0.39 is 27.1 Å². The molecule has 0 saturated heterocycles. The van der Waals surface area contributed by atoms with Crippen molar-refractivity contribution in [3.63, 3.8) is 0 Å². The first kappa shape index (κ1) is 17.7. The van der Waals surface area contributed by atoms with Crippen molar-refractivity contribution in [3.8, 4) is 11.5 Å². The molecule has 0 aliphatic rings. The number of hydrogen-bond acceptors (Lipinski definition) is 7. The lowest BCUT2D eigenvalue weighted by atomic mass is 10.0. The molecule has 1 aromatic heterocycles. The van der Waals surface area contributed by atoms with Crippen LogP contribution in [0.25, 0.3) is 0 Å². The van der Waals surface area contributed by atoms with Crippen LogP contribution >= 0.6 is 0 Å². The highest BCUT2D eigenvalue weighted by Crippen LogP contribution is 2.35. The topological polar surface area (TPSA) is 125 Å². The van der Waals surface area contributed by atoms with Gasteiger partial charge in [0.15, 0.2) is 5.78 Å². The number of nitro groups is 2. The number of nitrogens with zero attached hydrogens (tertiary/aromatic N) is 3. The summed E-state index contributed by atoms with van der Waals surface area (Å²) in [5.74, 6) is -1.44. The van der Waals surface area contributed by atoms with Gasteiger partial charge in [0.1, 0.15) is 6.20 Å². The molecule has 0 saturated carbocycles. The number of ether oxygens (including phenoxy) is 1. The van der Waals surface area contributed by atoms with Gasteiger partial charge in [-0.2, -0.15) is 0 Å². The fraction of sp³-hybridized carbons (Fsp3) is 0. The van der Waals surface area contributed by atoms with E-state index in [1.807, 2.05) is 0 Å². The lowest BCUT2D eigenvalue weighted by Crippen LogP contribution is -2.03. The van der Waals surface area contributed by atoms with Gasteiger partial charge in [-0.1, -0.05) is 30.3 Å². The number of nitro benzene ring substituents is 1. The molecule has 2 aromatic carbocycles. The minimum atomic E-state index is -0.755. The highest BCUT2D eigenvalue weighted by Gasteiger charge is 2.23. The van der Waals surface area contributed by atoms with Gasteiger partial charge in [-0.15, -0.1) is 0 Å².